The fraction of sp³-hybridized carbons (Fsp3) is 0.810. The van der Waals surface area contributed by atoms with E-state index in [4.69, 9.17) is 33.6 Å². The average Bonchev–Trinajstić information content (AvgIpc) is 2.78. The van der Waals surface area contributed by atoms with Crippen molar-refractivity contribution in [1.29, 1.82) is 0 Å². The average molecular weight is 497 g/mol. The number of carbonyl (C=O) groups excluding carboxylic acids is 3. The lowest BCUT2D eigenvalue weighted by Gasteiger charge is -2.09. The summed E-state index contributed by atoms with van der Waals surface area (Å²) < 4.78 is 21.1. The fourth-order valence-corrected chi connectivity index (χ4v) is 1.96. The molecule has 0 unspecified atom stereocenters. The van der Waals surface area contributed by atoms with Gasteiger partial charge < -0.3 is 45.7 Å². The topological polar surface area (TPSA) is 188 Å². The lowest BCUT2D eigenvalue weighted by molar-refractivity contribution is -0.127. The summed E-state index contributed by atoms with van der Waals surface area (Å²) in [6.45, 7) is 10.5. The van der Waals surface area contributed by atoms with E-state index in [1.807, 2.05) is 0 Å². The van der Waals surface area contributed by atoms with Gasteiger partial charge in [0.2, 0.25) is 18.2 Å². The Morgan fingerprint density at radius 3 is 1.68 bits per heavy atom. The molecule has 0 rings (SSSR count). The molecule has 0 spiro atoms. The molecule has 202 valence electrons. The number of hydrogen-bond donors (Lipinski definition) is 5. The van der Waals surface area contributed by atoms with E-state index in [2.05, 4.69) is 42.5 Å². The van der Waals surface area contributed by atoms with E-state index in [0.29, 0.717) is 58.8 Å². The van der Waals surface area contributed by atoms with Gasteiger partial charge in [0.1, 0.15) is 13.2 Å². The zero-order valence-corrected chi connectivity index (χ0v) is 20.7. The predicted octanol–water partition coefficient (Wildman–Crippen LogP) is -1.11. The van der Waals surface area contributed by atoms with Gasteiger partial charge in [-0.15, -0.1) is 0 Å². The number of primary amides is 1. The standard InChI is InChI=1S/C19H39N3O6.CH3NO.CH2O2/c1-4-5-6-21-18(23)15-27-14-12-26-10-8-22-19(24)16-28-13-11-25-9-7-20-17(2)3;2*2-1-3/h17,20H,4-16H2,1-3H3,(H,21,23)(H,22,24);1H,(H2,2,3);1H,(H,2,3). The molecule has 34 heavy (non-hydrogen) atoms. The molecule has 0 bridgehead atoms. The van der Waals surface area contributed by atoms with Gasteiger partial charge in [0, 0.05) is 25.7 Å². The van der Waals surface area contributed by atoms with Crippen molar-refractivity contribution in [2.75, 3.05) is 72.5 Å². The number of amides is 3. The molecule has 0 atom stereocenters. The Kier molecular flexibility index (Phi) is 35.0. The molecule has 13 heteroatoms. The highest BCUT2D eigenvalue weighted by Gasteiger charge is 2.02. The minimum atomic E-state index is -0.250. The second kappa shape index (κ2) is 32.9. The molecule has 0 aromatic carbocycles. The number of ether oxygens (including phenoxy) is 4. The third-order valence-electron chi connectivity index (χ3n) is 3.43. The third kappa shape index (κ3) is 40.1. The van der Waals surface area contributed by atoms with Crippen LogP contribution in [0.25, 0.3) is 0 Å². The van der Waals surface area contributed by atoms with Crippen LogP contribution < -0.4 is 21.7 Å². The van der Waals surface area contributed by atoms with Crippen molar-refractivity contribution >= 4 is 24.7 Å². The van der Waals surface area contributed by atoms with Crippen LogP contribution in [0.5, 0.6) is 0 Å². The number of hydrogen-bond acceptors (Lipinski definition) is 9. The largest absolute Gasteiger partial charge is 0.483 e. The summed E-state index contributed by atoms with van der Waals surface area (Å²) in [6, 6.07) is 0.446. The van der Waals surface area contributed by atoms with Crippen molar-refractivity contribution in [2.45, 2.75) is 39.7 Å². The normalized spacial score (nSPS) is 9.76. The maximum atomic E-state index is 11.6. The van der Waals surface area contributed by atoms with Crippen LogP contribution in [0.1, 0.15) is 33.6 Å². The Morgan fingerprint density at radius 2 is 1.24 bits per heavy atom. The lowest BCUT2D eigenvalue weighted by atomic mass is 10.3. The number of carbonyl (C=O) groups is 4. The van der Waals surface area contributed by atoms with Gasteiger partial charge in [-0.1, -0.05) is 27.2 Å². The summed E-state index contributed by atoms with van der Waals surface area (Å²) >= 11 is 0. The van der Waals surface area contributed by atoms with E-state index in [0.717, 1.165) is 19.4 Å². The Morgan fingerprint density at radius 1 is 0.824 bits per heavy atom. The maximum Gasteiger partial charge on any atom is 0.290 e. The highest BCUT2D eigenvalue weighted by Crippen LogP contribution is 1.84. The summed E-state index contributed by atoms with van der Waals surface area (Å²) in [5.74, 6) is -0.302. The minimum absolute atomic E-state index is 0.00383. The minimum Gasteiger partial charge on any atom is -0.483 e. The molecule has 0 fully saturated rings. The zero-order valence-electron chi connectivity index (χ0n) is 20.7. The molecule has 0 aliphatic carbocycles. The van der Waals surface area contributed by atoms with Crippen molar-refractivity contribution < 1.29 is 43.2 Å². The van der Waals surface area contributed by atoms with Crippen molar-refractivity contribution in [3.63, 3.8) is 0 Å². The van der Waals surface area contributed by atoms with Crippen LogP contribution in [0.15, 0.2) is 0 Å². The second-order valence-electron chi connectivity index (χ2n) is 6.73. The van der Waals surface area contributed by atoms with Gasteiger partial charge in [0.25, 0.3) is 6.47 Å². The predicted molar refractivity (Wildman–Crippen MR) is 126 cm³/mol. The van der Waals surface area contributed by atoms with Crippen molar-refractivity contribution in [1.82, 2.24) is 16.0 Å². The van der Waals surface area contributed by atoms with Crippen LogP contribution in [0.2, 0.25) is 0 Å². The highest BCUT2D eigenvalue weighted by molar-refractivity contribution is 5.77. The summed E-state index contributed by atoms with van der Waals surface area (Å²) in [5.41, 5.74) is 4.17. The Labute approximate surface area is 202 Å². The van der Waals surface area contributed by atoms with E-state index in [-0.39, 0.29) is 37.9 Å². The molecule has 0 saturated heterocycles. The molecule has 0 aromatic rings. The molecule has 13 nitrogen and oxygen atoms in total. The van der Waals surface area contributed by atoms with Gasteiger partial charge in [-0.3, -0.25) is 19.2 Å². The number of rotatable bonds is 20. The molecular formula is C21H44N4O9. The second-order valence-corrected chi connectivity index (χ2v) is 6.73. The van der Waals surface area contributed by atoms with Gasteiger partial charge in [0.05, 0.1) is 39.6 Å². The van der Waals surface area contributed by atoms with Crippen LogP contribution in [0, 0.1) is 0 Å². The smallest absolute Gasteiger partial charge is 0.290 e. The number of unbranched alkanes of at least 4 members (excludes halogenated alkanes) is 1. The Hall–Kier alpha value is -2.32. The lowest BCUT2D eigenvalue weighted by Crippen LogP contribution is -2.31. The van der Waals surface area contributed by atoms with Crippen LogP contribution >= 0.6 is 0 Å². The van der Waals surface area contributed by atoms with Crippen LogP contribution in [0.4, 0.5) is 0 Å². The molecule has 0 aromatic heterocycles. The highest BCUT2D eigenvalue weighted by atomic mass is 16.5. The molecule has 0 saturated carbocycles. The van der Waals surface area contributed by atoms with E-state index < -0.39 is 0 Å². The molecular weight excluding hydrogens is 452 g/mol. The van der Waals surface area contributed by atoms with Crippen molar-refractivity contribution in [2.24, 2.45) is 5.73 Å². The van der Waals surface area contributed by atoms with Gasteiger partial charge >= 0.3 is 0 Å². The van der Waals surface area contributed by atoms with Crippen LogP contribution in [-0.4, -0.2) is 108 Å². The first-order valence-corrected chi connectivity index (χ1v) is 11.2. The van der Waals surface area contributed by atoms with Crippen molar-refractivity contribution in [3.8, 4) is 0 Å². The van der Waals surface area contributed by atoms with Crippen LogP contribution in [-0.2, 0) is 38.1 Å². The van der Waals surface area contributed by atoms with Gasteiger partial charge in [-0.25, -0.2) is 0 Å². The molecule has 0 aliphatic rings. The first-order chi connectivity index (χ1) is 16.4. The quantitative estimate of drug-likeness (QED) is 0.102. The summed E-state index contributed by atoms with van der Waals surface area (Å²) in [7, 11) is 0. The maximum absolute atomic E-state index is 11.6. The van der Waals surface area contributed by atoms with E-state index in [1.54, 1.807) is 0 Å². The third-order valence-corrected chi connectivity index (χ3v) is 3.43. The Balaban J connectivity index is -0.00000143. The van der Waals surface area contributed by atoms with Gasteiger partial charge in [-0.2, -0.15) is 0 Å². The van der Waals surface area contributed by atoms with Crippen molar-refractivity contribution in [3.05, 3.63) is 0 Å². The van der Waals surface area contributed by atoms with E-state index in [9.17, 15) is 9.59 Å². The SMILES string of the molecule is CCCCNC(=O)COCCOCCNC(=O)COCCOCCNC(C)C.NC=O.O=CO. The fourth-order valence-electron chi connectivity index (χ4n) is 1.96. The zero-order chi connectivity index (χ0) is 26.3. The van der Waals surface area contributed by atoms with Gasteiger partial charge in [-0.05, 0) is 6.42 Å². The van der Waals surface area contributed by atoms with E-state index >= 15 is 0 Å². The summed E-state index contributed by atoms with van der Waals surface area (Å²) in [6.07, 6.45) is 2.26. The van der Waals surface area contributed by atoms with Gasteiger partial charge in [0.15, 0.2) is 0 Å². The number of nitrogens with two attached hydrogens (primary N) is 1. The molecule has 0 aliphatic heterocycles. The molecule has 0 radical (unpaired) electrons. The summed E-state index contributed by atoms with van der Waals surface area (Å²) in [5, 5.41) is 15.6. The van der Waals surface area contributed by atoms with E-state index in [1.165, 1.54) is 0 Å². The first-order valence-electron chi connectivity index (χ1n) is 11.2. The molecule has 6 N–H and O–H groups in total. The first kappa shape index (κ1) is 36.3. The monoisotopic (exact) mass is 496 g/mol. The molecule has 3 amide bonds. The summed E-state index contributed by atoms with van der Waals surface area (Å²) in [4.78, 5) is 39.9. The van der Waals surface area contributed by atoms with Crippen LogP contribution in [0.3, 0.4) is 0 Å². The number of carboxylic acid groups (broad SMARTS) is 1. The Bertz CT molecular complexity index is 464. The number of nitrogens with one attached hydrogen (secondary N) is 3. The molecule has 0 heterocycles.